The lowest BCUT2D eigenvalue weighted by atomic mass is 10.1. The van der Waals surface area contributed by atoms with Crippen molar-refractivity contribution in [2.75, 3.05) is 5.32 Å². The lowest BCUT2D eigenvalue weighted by Gasteiger charge is -2.11. The van der Waals surface area contributed by atoms with Crippen LogP contribution in [0, 0.1) is 0 Å². The highest BCUT2D eigenvalue weighted by Crippen LogP contribution is 2.25. The SMILES string of the molecule is O=C(Cc1ccc(Cl)c(Cl)c1)Nc1ccc(-c2cn3c(n2)CCCC3)cc1. The number of aryl methyl sites for hydroxylation is 2. The van der Waals surface area contributed by atoms with E-state index in [0.29, 0.717) is 10.0 Å². The monoisotopic (exact) mass is 399 g/mol. The Morgan fingerprint density at radius 3 is 2.63 bits per heavy atom. The Labute approximate surface area is 168 Å². The molecule has 0 radical (unpaired) electrons. The zero-order valence-electron chi connectivity index (χ0n) is 14.7. The molecule has 1 aliphatic rings. The van der Waals surface area contributed by atoms with Crippen molar-refractivity contribution >= 4 is 34.8 Å². The number of imidazole rings is 1. The molecule has 0 unspecified atom stereocenters. The minimum absolute atomic E-state index is 0.0985. The average Bonchev–Trinajstić information content (AvgIpc) is 3.09. The fourth-order valence-electron chi connectivity index (χ4n) is 3.32. The number of nitrogens with zero attached hydrogens (tertiary/aromatic N) is 2. The summed E-state index contributed by atoms with van der Waals surface area (Å²) in [6.45, 7) is 1.05. The summed E-state index contributed by atoms with van der Waals surface area (Å²) >= 11 is 11.9. The predicted octanol–water partition coefficient (Wildman–Crippen LogP) is 5.37. The zero-order chi connectivity index (χ0) is 18.8. The van der Waals surface area contributed by atoms with Crippen molar-refractivity contribution in [1.29, 1.82) is 0 Å². The van der Waals surface area contributed by atoms with Crippen LogP contribution in [0.25, 0.3) is 11.3 Å². The van der Waals surface area contributed by atoms with Crippen molar-refractivity contribution in [3.8, 4) is 11.3 Å². The first-order valence-electron chi connectivity index (χ1n) is 8.99. The van der Waals surface area contributed by atoms with Crippen LogP contribution in [-0.2, 0) is 24.2 Å². The Morgan fingerprint density at radius 2 is 1.89 bits per heavy atom. The van der Waals surface area contributed by atoms with E-state index in [9.17, 15) is 4.79 Å². The standard InChI is InChI=1S/C21H19Cl2N3O/c22-17-9-4-14(11-18(17)23)12-21(27)24-16-7-5-15(6-8-16)19-13-26-10-2-1-3-20(26)25-19/h4-9,11,13H,1-3,10,12H2,(H,24,27). The number of amides is 1. The summed E-state index contributed by atoms with van der Waals surface area (Å²) in [6.07, 6.45) is 5.83. The van der Waals surface area contributed by atoms with Gasteiger partial charge in [-0.05, 0) is 42.7 Å². The maximum absolute atomic E-state index is 12.3. The first-order chi connectivity index (χ1) is 13.1. The van der Waals surface area contributed by atoms with Crippen LogP contribution in [0.5, 0.6) is 0 Å². The molecule has 1 amide bonds. The van der Waals surface area contributed by atoms with Crippen molar-refractivity contribution in [1.82, 2.24) is 9.55 Å². The summed E-state index contributed by atoms with van der Waals surface area (Å²) in [5, 5.41) is 3.85. The van der Waals surface area contributed by atoms with Gasteiger partial charge in [0.15, 0.2) is 0 Å². The number of carbonyl (C=O) groups excluding carboxylic acids is 1. The highest BCUT2D eigenvalue weighted by Gasteiger charge is 2.13. The quantitative estimate of drug-likeness (QED) is 0.640. The lowest BCUT2D eigenvalue weighted by Crippen LogP contribution is -2.14. The maximum Gasteiger partial charge on any atom is 0.228 e. The second-order valence-corrected chi connectivity index (χ2v) is 7.56. The van der Waals surface area contributed by atoms with Gasteiger partial charge in [-0.1, -0.05) is 41.4 Å². The number of benzene rings is 2. The van der Waals surface area contributed by atoms with Crippen molar-refractivity contribution in [2.24, 2.45) is 0 Å². The molecule has 2 aromatic carbocycles. The number of nitrogens with one attached hydrogen (secondary N) is 1. The molecule has 0 saturated heterocycles. The van der Waals surface area contributed by atoms with Gasteiger partial charge in [-0.3, -0.25) is 4.79 Å². The van der Waals surface area contributed by atoms with Crippen LogP contribution < -0.4 is 5.32 Å². The van der Waals surface area contributed by atoms with E-state index in [1.165, 1.54) is 12.8 Å². The first-order valence-corrected chi connectivity index (χ1v) is 9.74. The number of hydrogen-bond acceptors (Lipinski definition) is 2. The van der Waals surface area contributed by atoms with E-state index in [4.69, 9.17) is 28.2 Å². The summed E-state index contributed by atoms with van der Waals surface area (Å²) in [5.41, 5.74) is 3.62. The van der Waals surface area contributed by atoms with Crippen LogP contribution in [0.2, 0.25) is 10.0 Å². The van der Waals surface area contributed by atoms with Crippen molar-refractivity contribution in [3.63, 3.8) is 0 Å². The molecule has 4 rings (SSSR count). The largest absolute Gasteiger partial charge is 0.334 e. The van der Waals surface area contributed by atoms with Crippen LogP contribution in [0.15, 0.2) is 48.7 Å². The Balaban J connectivity index is 1.42. The molecule has 27 heavy (non-hydrogen) atoms. The van der Waals surface area contributed by atoms with Crippen LogP contribution >= 0.6 is 23.2 Å². The highest BCUT2D eigenvalue weighted by atomic mass is 35.5. The summed E-state index contributed by atoms with van der Waals surface area (Å²) in [4.78, 5) is 17.0. The fraction of sp³-hybridized carbons (Fsp3) is 0.238. The first kappa shape index (κ1) is 18.1. The molecule has 2 heterocycles. The maximum atomic E-state index is 12.3. The summed E-state index contributed by atoms with van der Waals surface area (Å²) in [6, 6.07) is 13.0. The average molecular weight is 400 g/mol. The van der Waals surface area contributed by atoms with E-state index in [2.05, 4.69) is 16.1 Å². The fourth-order valence-corrected chi connectivity index (χ4v) is 3.64. The van der Waals surface area contributed by atoms with Gasteiger partial charge in [0.1, 0.15) is 5.82 Å². The Bertz CT molecular complexity index is 956. The number of fused-ring (bicyclic) bond motifs is 1. The second kappa shape index (κ2) is 7.75. The number of halogens is 2. The molecule has 0 atom stereocenters. The summed E-state index contributed by atoms with van der Waals surface area (Å²) < 4.78 is 2.24. The summed E-state index contributed by atoms with van der Waals surface area (Å²) in [5.74, 6) is 1.06. The number of aromatic nitrogens is 2. The highest BCUT2D eigenvalue weighted by molar-refractivity contribution is 6.42. The second-order valence-electron chi connectivity index (χ2n) is 6.74. The molecular formula is C21H19Cl2N3O. The van der Waals surface area contributed by atoms with Crippen molar-refractivity contribution < 1.29 is 4.79 Å². The third-order valence-electron chi connectivity index (χ3n) is 4.72. The van der Waals surface area contributed by atoms with Crippen LogP contribution in [0.4, 0.5) is 5.69 Å². The molecule has 0 bridgehead atoms. The van der Waals surface area contributed by atoms with Gasteiger partial charge >= 0.3 is 0 Å². The lowest BCUT2D eigenvalue weighted by molar-refractivity contribution is -0.115. The van der Waals surface area contributed by atoms with Gasteiger partial charge in [0.25, 0.3) is 0 Å². The molecule has 1 aromatic heterocycles. The van der Waals surface area contributed by atoms with E-state index >= 15 is 0 Å². The van der Waals surface area contributed by atoms with Crippen molar-refractivity contribution in [3.05, 3.63) is 70.1 Å². The Morgan fingerprint density at radius 1 is 1.07 bits per heavy atom. The van der Waals surface area contributed by atoms with Crippen LogP contribution in [0.3, 0.4) is 0 Å². The van der Waals surface area contributed by atoms with E-state index in [1.807, 2.05) is 24.3 Å². The molecule has 0 saturated carbocycles. The molecule has 0 aliphatic carbocycles. The molecule has 0 fully saturated rings. The van der Waals surface area contributed by atoms with Gasteiger partial charge in [-0.2, -0.15) is 0 Å². The molecule has 4 nitrogen and oxygen atoms in total. The van der Waals surface area contributed by atoms with Crippen LogP contribution in [-0.4, -0.2) is 15.5 Å². The van der Waals surface area contributed by atoms with Gasteiger partial charge in [-0.15, -0.1) is 0 Å². The van der Waals surface area contributed by atoms with E-state index in [1.54, 1.807) is 18.2 Å². The van der Waals surface area contributed by atoms with Crippen LogP contribution in [0.1, 0.15) is 24.2 Å². The normalized spacial score (nSPS) is 13.3. The van der Waals surface area contributed by atoms with Gasteiger partial charge in [0.05, 0.1) is 22.2 Å². The smallest absolute Gasteiger partial charge is 0.228 e. The molecule has 6 heteroatoms. The summed E-state index contributed by atoms with van der Waals surface area (Å²) in [7, 11) is 0. The third-order valence-corrected chi connectivity index (χ3v) is 5.46. The molecule has 138 valence electrons. The van der Waals surface area contributed by atoms with Gasteiger partial charge in [0, 0.05) is 30.4 Å². The molecule has 3 aromatic rings. The molecule has 1 N–H and O–H groups in total. The number of anilines is 1. The predicted molar refractivity (Wildman–Crippen MR) is 109 cm³/mol. The Kier molecular flexibility index (Phi) is 5.19. The van der Waals surface area contributed by atoms with E-state index in [-0.39, 0.29) is 12.3 Å². The number of carbonyl (C=O) groups is 1. The number of rotatable bonds is 4. The molecule has 0 spiro atoms. The van der Waals surface area contributed by atoms with Gasteiger partial charge < -0.3 is 9.88 Å². The van der Waals surface area contributed by atoms with Crippen molar-refractivity contribution in [2.45, 2.75) is 32.2 Å². The van der Waals surface area contributed by atoms with E-state index < -0.39 is 0 Å². The molecular weight excluding hydrogens is 381 g/mol. The van der Waals surface area contributed by atoms with Gasteiger partial charge in [-0.25, -0.2) is 4.98 Å². The minimum Gasteiger partial charge on any atom is -0.334 e. The minimum atomic E-state index is -0.0985. The zero-order valence-corrected chi connectivity index (χ0v) is 16.2. The van der Waals surface area contributed by atoms with Gasteiger partial charge in [0.2, 0.25) is 5.91 Å². The number of hydrogen-bond donors (Lipinski definition) is 1. The molecule has 1 aliphatic heterocycles. The topological polar surface area (TPSA) is 46.9 Å². The third kappa shape index (κ3) is 4.18. The van der Waals surface area contributed by atoms with E-state index in [0.717, 1.165) is 41.3 Å². The Hall–Kier alpha value is -2.30.